The number of aromatic amines is 2. The zero-order valence-electron chi connectivity index (χ0n) is 44.5. The number of hydrogen-bond acceptors (Lipinski definition) is 14. The molecule has 0 spiro atoms. The number of phenolic OH excluding ortho intramolecular Hbond substituents is 1. The van der Waals surface area contributed by atoms with Crippen molar-refractivity contribution in [2.45, 2.75) is 133 Å². The van der Waals surface area contributed by atoms with E-state index in [2.05, 4.69) is 62.8 Å². The van der Waals surface area contributed by atoms with E-state index in [9.17, 15) is 53.4 Å². The molecule has 2 saturated heterocycles. The summed E-state index contributed by atoms with van der Waals surface area (Å²) in [7, 11) is 0. The minimum absolute atomic E-state index is 0.0173. The monoisotopic (exact) mass is 1100 g/mol. The van der Waals surface area contributed by atoms with Crippen molar-refractivity contribution in [2.24, 2.45) is 11.7 Å². The molecule has 2 aliphatic rings. The molecule has 2 fully saturated rings. The van der Waals surface area contributed by atoms with E-state index < -0.39 is 102 Å². The number of imidazole rings is 1. The molecular formula is C53H73N15O11. The van der Waals surface area contributed by atoms with Crippen LogP contribution in [0.25, 0.3) is 10.9 Å². The molecule has 4 aromatic rings. The number of aliphatic hydroxyl groups excluding tert-OH is 1. The number of imide groups is 1. The van der Waals surface area contributed by atoms with Gasteiger partial charge in [0.15, 0.2) is 5.96 Å². The van der Waals surface area contributed by atoms with Crippen LogP contribution in [0.1, 0.15) is 82.5 Å². The van der Waals surface area contributed by atoms with Crippen LogP contribution in [0.5, 0.6) is 5.75 Å². The molecule has 26 nitrogen and oxygen atoms in total. The highest BCUT2D eigenvalue weighted by Crippen LogP contribution is 2.20. The second-order valence-electron chi connectivity index (χ2n) is 20.1. The van der Waals surface area contributed by atoms with Gasteiger partial charge in [0.2, 0.25) is 47.3 Å². The molecule has 79 heavy (non-hydrogen) atoms. The van der Waals surface area contributed by atoms with Crippen molar-refractivity contribution in [1.29, 1.82) is 5.41 Å². The van der Waals surface area contributed by atoms with E-state index in [0.29, 0.717) is 29.8 Å². The number of likely N-dealkylation sites (N-methyl/N-ethyl adjacent to an activating group) is 1. The van der Waals surface area contributed by atoms with Crippen molar-refractivity contribution in [1.82, 2.24) is 67.7 Å². The van der Waals surface area contributed by atoms with E-state index in [0.717, 1.165) is 22.2 Å². The molecule has 6 rings (SSSR count). The van der Waals surface area contributed by atoms with Gasteiger partial charge >= 0.3 is 0 Å². The minimum Gasteiger partial charge on any atom is -0.508 e. The number of benzene rings is 2. The normalized spacial score (nSPS) is 17.3. The molecule has 426 valence electrons. The molecule has 2 aliphatic heterocycles. The maximum atomic E-state index is 14.6. The number of nitrogens with one attached hydrogen (secondary N) is 12. The highest BCUT2D eigenvalue weighted by molar-refractivity contribution is 6.02. The van der Waals surface area contributed by atoms with Crippen LogP contribution >= 0.6 is 0 Å². The van der Waals surface area contributed by atoms with Crippen molar-refractivity contribution in [3.63, 3.8) is 0 Å². The lowest BCUT2D eigenvalue weighted by Gasteiger charge is -2.30. The largest absolute Gasteiger partial charge is 0.508 e. The summed E-state index contributed by atoms with van der Waals surface area (Å²) in [6, 6.07) is 2.97. The summed E-state index contributed by atoms with van der Waals surface area (Å²) in [6.07, 6.45) is 5.96. The Kier molecular flexibility index (Phi) is 21.8. The zero-order chi connectivity index (χ0) is 57.2. The Balaban J connectivity index is 1.23. The SMILES string of the molecule is CCN(C(=O)[C@@H]1CCCN1)C(=O)[C@H](CCCNC(=N)N)NC(=O)[C@@H](CC(C)C)NC(=O)[C@@H](Cc1ccc(O)cc1)NC(=O)[C@@H](CO)NC(=O)[C@@H](Cc1c[nH]c2ccccc12)NC(=O)[C@@H](Cc1cnc[nH]1)NC(=O)[C@H]1CCC(=O)N1. The Morgan fingerprint density at radius 2 is 1.42 bits per heavy atom. The molecule has 16 N–H and O–H groups in total. The minimum atomic E-state index is -1.74. The van der Waals surface area contributed by atoms with Gasteiger partial charge in [0.05, 0.1) is 19.0 Å². The average molecular weight is 1100 g/mol. The van der Waals surface area contributed by atoms with Gasteiger partial charge < -0.3 is 73.8 Å². The number of para-hydroxylation sites is 1. The smallest absolute Gasteiger partial charge is 0.251 e. The molecule has 0 aliphatic carbocycles. The second-order valence-corrected chi connectivity index (χ2v) is 20.1. The van der Waals surface area contributed by atoms with Gasteiger partial charge in [0.25, 0.3) is 5.91 Å². The Bertz CT molecular complexity index is 2780. The first kappa shape index (κ1) is 59.8. The highest BCUT2D eigenvalue weighted by Gasteiger charge is 2.38. The first-order valence-electron chi connectivity index (χ1n) is 26.5. The van der Waals surface area contributed by atoms with Gasteiger partial charge in [-0.3, -0.25) is 53.5 Å². The Morgan fingerprint density at radius 3 is 2.03 bits per heavy atom. The number of aromatic nitrogens is 3. The number of H-pyrrole nitrogens is 2. The number of amides is 9. The maximum absolute atomic E-state index is 14.6. The van der Waals surface area contributed by atoms with Crippen molar-refractivity contribution in [3.8, 4) is 5.75 Å². The highest BCUT2D eigenvalue weighted by atomic mass is 16.3. The number of rotatable bonds is 28. The Hall–Kier alpha value is -8.39. The van der Waals surface area contributed by atoms with Crippen LogP contribution < -0.4 is 53.6 Å². The van der Waals surface area contributed by atoms with Gasteiger partial charge in [-0.2, -0.15) is 0 Å². The van der Waals surface area contributed by atoms with Crippen molar-refractivity contribution in [3.05, 3.63) is 84.1 Å². The van der Waals surface area contributed by atoms with Crippen molar-refractivity contribution in [2.75, 3.05) is 26.2 Å². The summed E-state index contributed by atoms with van der Waals surface area (Å²) < 4.78 is 0. The molecule has 9 amide bonds. The molecule has 2 aromatic heterocycles. The molecule has 0 radical (unpaired) electrons. The van der Waals surface area contributed by atoms with Gasteiger partial charge in [-0.25, -0.2) is 4.98 Å². The molecule has 0 unspecified atom stereocenters. The van der Waals surface area contributed by atoms with E-state index in [1.165, 1.54) is 36.8 Å². The number of nitrogens with two attached hydrogens (primary N) is 1. The van der Waals surface area contributed by atoms with Crippen LogP contribution in [0.3, 0.4) is 0 Å². The fourth-order valence-electron chi connectivity index (χ4n) is 9.45. The summed E-state index contributed by atoms with van der Waals surface area (Å²) in [4.78, 5) is 136. The number of aliphatic hydroxyl groups is 1. The van der Waals surface area contributed by atoms with E-state index in [-0.39, 0.29) is 88.0 Å². The zero-order valence-corrected chi connectivity index (χ0v) is 44.5. The van der Waals surface area contributed by atoms with Crippen LogP contribution in [0.2, 0.25) is 0 Å². The number of aromatic hydroxyl groups is 1. The lowest BCUT2D eigenvalue weighted by molar-refractivity contribution is -0.148. The second kappa shape index (κ2) is 28.8. The van der Waals surface area contributed by atoms with Crippen LogP contribution in [0.4, 0.5) is 0 Å². The third kappa shape index (κ3) is 17.3. The van der Waals surface area contributed by atoms with Crippen LogP contribution in [0.15, 0.2) is 67.3 Å². The topological polar surface area (TPSA) is 400 Å². The summed E-state index contributed by atoms with van der Waals surface area (Å²) in [6.45, 7) is 5.06. The van der Waals surface area contributed by atoms with Gasteiger partial charge in [-0.05, 0) is 87.2 Å². The number of guanidine groups is 1. The lowest BCUT2D eigenvalue weighted by Crippen LogP contribution is -2.61. The predicted molar refractivity (Wildman–Crippen MR) is 288 cm³/mol. The molecule has 0 bridgehead atoms. The summed E-state index contributed by atoms with van der Waals surface area (Å²) in [5.41, 5.74) is 7.70. The van der Waals surface area contributed by atoms with Gasteiger partial charge in [-0.1, -0.05) is 44.2 Å². The average Bonchev–Trinajstić information content (AvgIpc) is 4.30. The molecule has 0 saturated carbocycles. The standard InChI is InChI=1S/C53H73N15O11/c1-4-68(51(78)37-11-7-19-57-37)52(79)38(12-8-20-58-53(54)55)62-46(73)39(21-29(2)3)63-47(74)40(22-30-13-15-33(70)16-14-30)64-50(77)43(27-69)67-48(75)41(23-31-25-59-35-10-6-5-9-34(31)35)65-49(76)42(24-32-26-56-28-60-32)66-45(72)36-17-18-44(71)61-36/h5-6,9-10,13-16,25-26,28-29,36-43,57,59,69-70H,4,7-8,11-12,17-24,27H2,1-3H3,(H,56,60)(H,61,71)(H,62,73)(H,63,74)(H,64,77)(H,65,76)(H,66,72)(H,67,75)(H4,54,55,58)/t36-,37+,38+,39-,40-,41-,42-,43-/m1/s1. The van der Waals surface area contributed by atoms with Crippen LogP contribution in [-0.4, -0.2) is 164 Å². The van der Waals surface area contributed by atoms with Gasteiger partial charge in [0.1, 0.15) is 48.0 Å². The number of carbonyl (C=O) groups excluding carboxylic acids is 9. The summed E-state index contributed by atoms with van der Waals surface area (Å²) in [5, 5.41) is 53.4. The molecule has 2 aromatic carbocycles. The lowest BCUT2D eigenvalue weighted by atomic mass is 10.00. The number of fused-ring (bicyclic) bond motifs is 1. The Labute approximate surface area is 456 Å². The summed E-state index contributed by atoms with van der Waals surface area (Å²) >= 11 is 0. The molecule has 26 heteroatoms. The number of phenols is 1. The molecular weight excluding hydrogens is 1020 g/mol. The predicted octanol–water partition coefficient (Wildman–Crippen LogP) is -1.76. The third-order valence-corrected chi connectivity index (χ3v) is 13.6. The Morgan fingerprint density at radius 1 is 0.785 bits per heavy atom. The van der Waals surface area contributed by atoms with Crippen LogP contribution in [0, 0.1) is 11.3 Å². The first-order valence-corrected chi connectivity index (χ1v) is 26.5. The van der Waals surface area contributed by atoms with E-state index in [4.69, 9.17) is 11.1 Å². The van der Waals surface area contributed by atoms with E-state index in [1.54, 1.807) is 39.1 Å². The number of nitrogens with zero attached hydrogens (tertiary/aromatic N) is 2. The third-order valence-electron chi connectivity index (χ3n) is 13.6. The van der Waals surface area contributed by atoms with Gasteiger partial charge in [-0.15, -0.1) is 0 Å². The molecule has 8 atom stereocenters. The first-order chi connectivity index (χ1) is 37.8. The number of hydrogen-bond donors (Lipinski definition) is 15. The fraction of sp³-hybridized carbons (Fsp3) is 0.491. The quantitative estimate of drug-likeness (QED) is 0.0170. The van der Waals surface area contributed by atoms with Crippen LogP contribution in [-0.2, 0) is 62.4 Å². The van der Waals surface area contributed by atoms with Crippen molar-refractivity contribution >= 4 is 70.0 Å². The van der Waals surface area contributed by atoms with Gasteiger partial charge in [0, 0.05) is 67.8 Å². The van der Waals surface area contributed by atoms with E-state index in [1.807, 2.05) is 12.1 Å². The summed E-state index contributed by atoms with van der Waals surface area (Å²) in [5.74, 6) is -7.05. The number of carbonyl (C=O) groups is 9. The van der Waals surface area contributed by atoms with Crippen molar-refractivity contribution < 1.29 is 53.4 Å². The molecule has 4 heterocycles. The fourth-order valence-corrected chi connectivity index (χ4v) is 9.45. The maximum Gasteiger partial charge on any atom is 0.251 e. The van der Waals surface area contributed by atoms with E-state index >= 15 is 0 Å².